The van der Waals surface area contributed by atoms with Crippen LogP contribution in [0.2, 0.25) is 0 Å². The molecule has 0 aromatic carbocycles. The quantitative estimate of drug-likeness (QED) is 0.715. The Morgan fingerprint density at radius 2 is 2.31 bits per heavy atom. The minimum Gasteiger partial charge on any atom is -0.445 e. The Kier molecular flexibility index (Phi) is 2.36. The molecule has 1 aliphatic heterocycles. The van der Waals surface area contributed by atoms with Crippen LogP contribution < -0.4 is 5.32 Å². The van der Waals surface area contributed by atoms with Crippen molar-refractivity contribution in [2.24, 2.45) is 0 Å². The van der Waals surface area contributed by atoms with Gasteiger partial charge in [0.05, 0.1) is 5.69 Å². The van der Waals surface area contributed by atoms with E-state index in [0.717, 1.165) is 30.4 Å². The number of aryl methyl sites for hydroxylation is 2. The summed E-state index contributed by atoms with van der Waals surface area (Å²) in [6.45, 7) is 6.12. The average Bonchev–Trinajstić information content (AvgIpc) is 2.49. The molecule has 1 atom stereocenters. The fraction of sp³-hybridized carbons (Fsp3) is 0.700. The van der Waals surface area contributed by atoms with Crippen molar-refractivity contribution in [2.45, 2.75) is 32.6 Å². The van der Waals surface area contributed by atoms with Crippen LogP contribution in [0.25, 0.3) is 0 Å². The van der Waals surface area contributed by atoms with Crippen molar-refractivity contribution in [3.63, 3.8) is 0 Å². The predicted octanol–water partition coefficient (Wildman–Crippen LogP) is 1.76. The van der Waals surface area contributed by atoms with E-state index < -0.39 is 0 Å². The van der Waals surface area contributed by atoms with Crippen molar-refractivity contribution in [2.75, 3.05) is 13.1 Å². The van der Waals surface area contributed by atoms with E-state index in [2.05, 4.69) is 10.3 Å². The minimum atomic E-state index is 0.487. The average molecular weight is 180 g/mol. The molecule has 3 nitrogen and oxygen atoms in total. The lowest BCUT2D eigenvalue weighted by Crippen LogP contribution is -2.28. The molecule has 1 saturated heterocycles. The van der Waals surface area contributed by atoms with Crippen LogP contribution in [0, 0.1) is 13.8 Å². The lowest BCUT2D eigenvalue weighted by atomic mass is 10.00. The number of piperidine rings is 1. The Hall–Kier alpha value is -0.830. The normalized spacial score (nSPS) is 23.4. The van der Waals surface area contributed by atoms with E-state index in [9.17, 15) is 0 Å². The van der Waals surface area contributed by atoms with Crippen LogP contribution in [0.1, 0.15) is 36.1 Å². The Morgan fingerprint density at radius 1 is 1.46 bits per heavy atom. The first-order chi connectivity index (χ1) is 6.27. The molecular weight excluding hydrogens is 164 g/mol. The molecular formula is C10H16N2O. The lowest BCUT2D eigenvalue weighted by Gasteiger charge is -2.19. The first-order valence-electron chi connectivity index (χ1n) is 4.92. The van der Waals surface area contributed by atoms with Gasteiger partial charge in [0.15, 0.2) is 5.89 Å². The Balaban J connectivity index is 2.14. The molecule has 1 aliphatic rings. The van der Waals surface area contributed by atoms with Gasteiger partial charge in [-0.15, -0.1) is 0 Å². The number of oxazole rings is 1. The van der Waals surface area contributed by atoms with Gasteiger partial charge in [-0.2, -0.15) is 0 Å². The van der Waals surface area contributed by atoms with Crippen LogP contribution in [-0.2, 0) is 0 Å². The second kappa shape index (κ2) is 3.50. The highest BCUT2D eigenvalue weighted by Crippen LogP contribution is 2.23. The van der Waals surface area contributed by atoms with Crippen LogP contribution in [0.4, 0.5) is 0 Å². The van der Waals surface area contributed by atoms with Gasteiger partial charge in [0.1, 0.15) is 5.76 Å². The number of nitrogens with one attached hydrogen (secondary N) is 1. The van der Waals surface area contributed by atoms with Crippen molar-refractivity contribution in [1.29, 1.82) is 0 Å². The summed E-state index contributed by atoms with van der Waals surface area (Å²) in [6.07, 6.45) is 2.43. The molecule has 13 heavy (non-hydrogen) atoms. The van der Waals surface area contributed by atoms with E-state index in [1.165, 1.54) is 12.8 Å². The molecule has 2 heterocycles. The molecule has 72 valence electrons. The van der Waals surface area contributed by atoms with Crippen LogP contribution in [0.5, 0.6) is 0 Å². The zero-order valence-electron chi connectivity index (χ0n) is 8.26. The van der Waals surface area contributed by atoms with Gasteiger partial charge < -0.3 is 9.73 Å². The van der Waals surface area contributed by atoms with Gasteiger partial charge in [-0.3, -0.25) is 0 Å². The SMILES string of the molecule is Cc1nc(C2CCCNC2)oc1C. The maximum absolute atomic E-state index is 5.60. The number of hydrogen-bond acceptors (Lipinski definition) is 3. The van der Waals surface area contributed by atoms with E-state index in [1.54, 1.807) is 0 Å². The number of nitrogens with zero attached hydrogens (tertiary/aromatic N) is 1. The summed E-state index contributed by atoms with van der Waals surface area (Å²) >= 11 is 0. The van der Waals surface area contributed by atoms with Crippen molar-refractivity contribution < 1.29 is 4.42 Å². The maximum atomic E-state index is 5.60. The molecule has 0 amide bonds. The summed E-state index contributed by atoms with van der Waals surface area (Å²) in [4.78, 5) is 4.43. The zero-order chi connectivity index (χ0) is 9.26. The number of hydrogen-bond donors (Lipinski definition) is 1. The highest BCUT2D eigenvalue weighted by molar-refractivity contribution is 5.08. The van der Waals surface area contributed by atoms with Crippen LogP contribution in [-0.4, -0.2) is 18.1 Å². The van der Waals surface area contributed by atoms with Gasteiger partial charge >= 0.3 is 0 Å². The smallest absolute Gasteiger partial charge is 0.198 e. The third-order valence-corrected chi connectivity index (χ3v) is 2.69. The van der Waals surface area contributed by atoms with Crippen molar-refractivity contribution >= 4 is 0 Å². The molecule has 1 fully saturated rings. The van der Waals surface area contributed by atoms with E-state index in [0.29, 0.717) is 5.92 Å². The standard InChI is InChI=1S/C10H16N2O/c1-7-8(2)13-10(12-7)9-4-3-5-11-6-9/h9,11H,3-6H2,1-2H3. The largest absolute Gasteiger partial charge is 0.445 e. The van der Waals surface area contributed by atoms with Crippen LogP contribution in [0.15, 0.2) is 4.42 Å². The summed E-state index contributed by atoms with van der Waals surface area (Å²) in [5.41, 5.74) is 1.03. The molecule has 0 radical (unpaired) electrons. The van der Waals surface area contributed by atoms with Gasteiger partial charge in [0.2, 0.25) is 0 Å². The fourth-order valence-electron chi connectivity index (χ4n) is 1.73. The summed E-state index contributed by atoms with van der Waals surface area (Å²) in [5.74, 6) is 2.36. The molecule has 3 heteroatoms. The first kappa shape index (κ1) is 8.75. The zero-order valence-corrected chi connectivity index (χ0v) is 8.26. The second-order valence-corrected chi connectivity index (χ2v) is 3.74. The van der Waals surface area contributed by atoms with Gasteiger partial charge in [-0.1, -0.05) is 0 Å². The van der Waals surface area contributed by atoms with Crippen LogP contribution in [0.3, 0.4) is 0 Å². The third kappa shape index (κ3) is 1.75. The molecule has 1 N–H and O–H groups in total. The first-order valence-corrected chi connectivity index (χ1v) is 4.92. The molecule has 2 rings (SSSR count). The third-order valence-electron chi connectivity index (χ3n) is 2.69. The maximum Gasteiger partial charge on any atom is 0.198 e. The predicted molar refractivity (Wildman–Crippen MR) is 50.8 cm³/mol. The Bertz CT molecular complexity index is 268. The number of rotatable bonds is 1. The highest BCUT2D eigenvalue weighted by Gasteiger charge is 2.20. The molecule has 1 unspecified atom stereocenters. The monoisotopic (exact) mass is 180 g/mol. The summed E-state index contributed by atoms with van der Waals surface area (Å²) in [7, 11) is 0. The second-order valence-electron chi connectivity index (χ2n) is 3.74. The summed E-state index contributed by atoms with van der Waals surface area (Å²) < 4.78 is 5.60. The number of aromatic nitrogens is 1. The van der Waals surface area contributed by atoms with E-state index in [4.69, 9.17) is 4.42 Å². The van der Waals surface area contributed by atoms with E-state index in [-0.39, 0.29) is 0 Å². The summed E-state index contributed by atoms with van der Waals surface area (Å²) in [6, 6.07) is 0. The van der Waals surface area contributed by atoms with Crippen LogP contribution >= 0.6 is 0 Å². The topological polar surface area (TPSA) is 38.1 Å². The molecule has 0 bridgehead atoms. The fourth-order valence-corrected chi connectivity index (χ4v) is 1.73. The molecule has 1 aromatic heterocycles. The van der Waals surface area contributed by atoms with Crippen molar-refractivity contribution in [3.05, 3.63) is 17.3 Å². The summed E-state index contributed by atoms with van der Waals surface area (Å²) in [5, 5.41) is 3.36. The van der Waals surface area contributed by atoms with Gasteiger partial charge in [0.25, 0.3) is 0 Å². The van der Waals surface area contributed by atoms with Gasteiger partial charge in [-0.05, 0) is 33.2 Å². The Morgan fingerprint density at radius 3 is 2.85 bits per heavy atom. The van der Waals surface area contributed by atoms with E-state index in [1.807, 2.05) is 13.8 Å². The molecule has 0 saturated carbocycles. The molecule has 0 aliphatic carbocycles. The van der Waals surface area contributed by atoms with E-state index >= 15 is 0 Å². The Labute approximate surface area is 78.5 Å². The van der Waals surface area contributed by atoms with Crippen molar-refractivity contribution in [3.8, 4) is 0 Å². The van der Waals surface area contributed by atoms with Gasteiger partial charge in [0, 0.05) is 12.5 Å². The molecule has 1 aromatic rings. The van der Waals surface area contributed by atoms with Gasteiger partial charge in [-0.25, -0.2) is 4.98 Å². The minimum absolute atomic E-state index is 0.487. The van der Waals surface area contributed by atoms with Crippen molar-refractivity contribution in [1.82, 2.24) is 10.3 Å². The molecule has 0 spiro atoms. The highest BCUT2D eigenvalue weighted by atomic mass is 16.4. The lowest BCUT2D eigenvalue weighted by molar-refractivity contribution is 0.368.